The van der Waals surface area contributed by atoms with Crippen molar-refractivity contribution in [1.29, 1.82) is 9.56 Å². The second-order valence-electron chi connectivity index (χ2n) is 16.1. The third-order valence-corrected chi connectivity index (χ3v) is 11.2. The van der Waals surface area contributed by atoms with E-state index in [1.165, 1.54) is 21.3 Å². The van der Waals surface area contributed by atoms with Crippen LogP contribution in [-0.2, 0) is 58.3 Å². The summed E-state index contributed by atoms with van der Waals surface area (Å²) in [6.45, 7) is 17.6. The second-order valence-corrected chi connectivity index (χ2v) is 17.6. The van der Waals surface area contributed by atoms with E-state index in [1.807, 2.05) is 30.3 Å². The number of hydrogen-bond acceptors (Lipinski definition) is 19. The van der Waals surface area contributed by atoms with E-state index in [2.05, 4.69) is 53.8 Å². The van der Waals surface area contributed by atoms with Gasteiger partial charge in [-0.2, -0.15) is 5.26 Å². The lowest BCUT2D eigenvalue weighted by molar-refractivity contribution is -0.113. The molecule has 1 aromatic carbocycles. The van der Waals surface area contributed by atoms with Crippen LogP contribution in [0.2, 0.25) is 0 Å². The van der Waals surface area contributed by atoms with Gasteiger partial charge in [0.05, 0.1) is 116 Å². The van der Waals surface area contributed by atoms with Gasteiger partial charge in [0, 0.05) is 97.0 Å². The number of nitrogens with zero attached hydrogens (tertiary/aromatic N) is 2. The Hall–Kier alpha value is -1.58. The Morgan fingerprint density at radius 3 is 1.24 bits per heavy atom. The number of ether oxygens (including phenoxy) is 9. The average Bonchev–Trinajstić information content (AvgIpc) is 3.41. The van der Waals surface area contributed by atoms with Crippen LogP contribution in [0.4, 0.5) is 0 Å². The van der Waals surface area contributed by atoms with Crippen molar-refractivity contribution in [2.45, 2.75) is 112 Å². The van der Waals surface area contributed by atoms with Gasteiger partial charge in [-0.05, 0) is 71.8 Å². The van der Waals surface area contributed by atoms with Crippen LogP contribution >= 0.6 is 8.53 Å². The van der Waals surface area contributed by atoms with Crippen LogP contribution in [-0.4, -0.2) is 218 Å². The molecule has 0 aromatic heterocycles. The molecule has 424 valence electrons. The maximum atomic E-state index is 8.99. The molecular weight excluding hydrogens is 944 g/mol. The Morgan fingerprint density at radius 2 is 0.887 bits per heavy atom. The molecule has 0 saturated carbocycles. The molecule has 0 heterocycles. The SMILES string of the molecule is OCCCOCC(COCCCO)(COCCCO)COCCOCc1ccccc1.[2H]CCCOCC(COCCC[2H])(COCCC[2H])COCCOP(OCCC#N)N(C(C)C)C(C)C.[3H]OC.[3H]OC.[3H]OC. The van der Waals surface area contributed by atoms with Gasteiger partial charge < -0.3 is 82.3 Å². The molecule has 1 unspecified atom stereocenters. The summed E-state index contributed by atoms with van der Waals surface area (Å²) < 4.78 is 106. The standard InChI is InChI=1S/C25H51N2O6P.C23H40O8.3CH4O/c1-8-13-28-19-25(20-29-14-9-2,21-30-15-10-3)22-31-17-18-33-34(32-16-11-12-26)27(23(4)5)24(6)7;24-9-4-12-28-18-23(19-29-13-5-10-25,20-30-14-6-11-26)21-31-16-15-27-17-22-7-2-1-3-8-22;3*1-2/h23-24H,8-11,13-22H2,1-7H3;1-3,7-8,24-26H,4-6,9-21H2;3*2H,1H3/i1D,2D,3D;;3*2T. The van der Waals surface area contributed by atoms with Crippen LogP contribution in [0, 0.1) is 22.2 Å². The highest BCUT2D eigenvalue weighted by Crippen LogP contribution is 2.45. The van der Waals surface area contributed by atoms with Crippen LogP contribution in [0.15, 0.2) is 30.3 Å². The molecule has 0 fully saturated rings. The number of hydrogen-bond donors (Lipinski definition) is 6. The molecule has 0 aliphatic carbocycles. The van der Waals surface area contributed by atoms with E-state index in [4.69, 9.17) is 80.7 Å². The Kier molecular flexibility index (Phi) is 53.2. The molecule has 0 radical (unpaired) electrons. The van der Waals surface area contributed by atoms with Crippen molar-refractivity contribution in [2.75, 3.05) is 167 Å². The van der Waals surface area contributed by atoms with Gasteiger partial charge >= 0.3 is 0 Å². The van der Waals surface area contributed by atoms with Crippen molar-refractivity contribution < 1.29 is 86.4 Å². The summed E-state index contributed by atoms with van der Waals surface area (Å²) in [5.74, 6) is 0. The largest absolute Gasteiger partial charge is 0.400 e. The zero-order valence-electron chi connectivity index (χ0n) is 50.8. The lowest BCUT2D eigenvalue weighted by atomic mass is 9.92. The van der Waals surface area contributed by atoms with Crippen molar-refractivity contribution >= 4 is 8.53 Å². The highest BCUT2D eigenvalue weighted by Gasteiger charge is 2.34. The first kappa shape index (κ1) is 63.7. The van der Waals surface area contributed by atoms with E-state index < -0.39 is 19.4 Å². The molecule has 6 N–H and O–H groups in total. The van der Waals surface area contributed by atoms with Crippen molar-refractivity contribution in [3.63, 3.8) is 0 Å². The van der Waals surface area contributed by atoms with Gasteiger partial charge in [-0.15, -0.1) is 0 Å². The predicted octanol–water partition coefficient (Wildman–Crippen LogP) is 5.79. The summed E-state index contributed by atoms with van der Waals surface area (Å²) >= 11 is 0. The van der Waals surface area contributed by atoms with Gasteiger partial charge in [0.1, 0.15) is 0 Å². The zero-order valence-corrected chi connectivity index (χ0v) is 45.7. The van der Waals surface area contributed by atoms with E-state index in [-0.39, 0.29) is 31.9 Å². The molecule has 20 heteroatoms. The smallest absolute Gasteiger partial charge is 0.259 e. The molecule has 19 nitrogen and oxygen atoms in total. The van der Waals surface area contributed by atoms with Gasteiger partial charge in [-0.3, -0.25) is 0 Å². The molecule has 1 atom stereocenters. The first-order valence-electron chi connectivity index (χ1n) is 27.9. The molecule has 0 amide bonds. The zero-order chi connectivity index (χ0) is 58.4. The molecule has 0 saturated heterocycles. The Bertz CT molecular complexity index is 1250. The minimum atomic E-state index is -1.33. The van der Waals surface area contributed by atoms with Crippen molar-refractivity contribution in [1.82, 2.24) is 4.67 Å². The predicted molar refractivity (Wildman–Crippen MR) is 279 cm³/mol. The Morgan fingerprint density at radius 1 is 0.549 bits per heavy atom. The highest BCUT2D eigenvalue weighted by molar-refractivity contribution is 7.44. The molecule has 0 aliphatic rings. The van der Waals surface area contributed by atoms with Gasteiger partial charge in [0.15, 0.2) is 0 Å². The van der Waals surface area contributed by atoms with E-state index in [0.717, 1.165) is 5.56 Å². The molecule has 1 aromatic rings. The van der Waals surface area contributed by atoms with Gasteiger partial charge in [-0.1, -0.05) is 51.0 Å². The fraction of sp³-hybridized carbons (Fsp3) is 0.863. The number of aliphatic hydroxyl groups excluding tert-OH is 6. The van der Waals surface area contributed by atoms with Crippen molar-refractivity contribution in [3.8, 4) is 6.07 Å². The number of nitriles is 1. The third kappa shape index (κ3) is 45.5. The highest BCUT2D eigenvalue weighted by atomic mass is 31.2. The van der Waals surface area contributed by atoms with Crippen LogP contribution in [0.1, 0.15) is 103 Å². The van der Waals surface area contributed by atoms with E-state index in [0.29, 0.717) is 198 Å². The summed E-state index contributed by atoms with van der Waals surface area (Å²) in [7, 11) is 2.55. The second kappa shape index (κ2) is 59.3. The average molecular weight is 1060 g/mol. The fourth-order valence-electron chi connectivity index (χ4n) is 5.99. The normalized spacial score (nSPS) is 12.8. The summed E-state index contributed by atoms with van der Waals surface area (Å²) in [5.41, 5.74) is 0.0469. The fourth-order valence-corrected chi connectivity index (χ4v) is 7.56. The molecule has 0 bridgehead atoms. The third-order valence-electron chi connectivity index (χ3n) is 9.05. The number of benzene rings is 1. The lowest BCUT2D eigenvalue weighted by Crippen LogP contribution is -2.42. The Labute approximate surface area is 439 Å². The molecular formula is C51H103N2O17P. The van der Waals surface area contributed by atoms with Gasteiger partial charge in [0.2, 0.25) is 4.29 Å². The molecule has 0 spiro atoms. The van der Waals surface area contributed by atoms with Crippen molar-refractivity contribution in [2.24, 2.45) is 10.8 Å². The molecule has 71 heavy (non-hydrogen) atoms. The summed E-state index contributed by atoms with van der Waals surface area (Å²) in [6.07, 6.45) is 3.94. The lowest BCUT2D eigenvalue weighted by Gasteiger charge is -2.35. The first-order chi connectivity index (χ1) is 37.4. The monoisotopic (exact) mass is 1060 g/mol. The van der Waals surface area contributed by atoms with Crippen molar-refractivity contribution in [3.05, 3.63) is 35.9 Å². The van der Waals surface area contributed by atoms with E-state index >= 15 is 0 Å². The summed E-state index contributed by atoms with van der Waals surface area (Å²) in [4.78, 5) is 0. The number of rotatable bonds is 46. The maximum Gasteiger partial charge on any atom is 0.259 e. The van der Waals surface area contributed by atoms with Gasteiger partial charge in [0.25, 0.3) is 8.53 Å². The van der Waals surface area contributed by atoms with Gasteiger partial charge in [-0.25, -0.2) is 4.67 Å². The summed E-state index contributed by atoms with van der Waals surface area (Å²) in [6, 6.07) is 12.5. The summed E-state index contributed by atoms with van der Waals surface area (Å²) in [5, 5.41) is 46.3. The van der Waals surface area contributed by atoms with E-state index in [9.17, 15) is 0 Å². The first-order valence-corrected chi connectivity index (χ1v) is 25.6. The minimum absolute atomic E-state index is 0.0717. The molecule has 0 aliphatic heterocycles. The Balaban J connectivity index is -0.000000604. The van der Waals surface area contributed by atoms with Crippen LogP contribution in [0.5, 0.6) is 0 Å². The van der Waals surface area contributed by atoms with Crippen LogP contribution < -0.4 is 0 Å². The van der Waals surface area contributed by atoms with Crippen LogP contribution in [0.3, 0.4) is 0 Å². The molecule has 1 rings (SSSR count). The quantitative estimate of drug-likeness (QED) is 0.0334. The number of aliphatic hydroxyl groups is 6. The maximum absolute atomic E-state index is 8.99. The minimum Gasteiger partial charge on any atom is -0.400 e. The topological polar surface area (TPSA) is 250 Å². The van der Waals surface area contributed by atoms with Crippen LogP contribution in [0.25, 0.3) is 0 Å². The van der Waals surface area contributed by atoms with E-state index in [1.54, 1.807) is 0 Å².